The maximum atomic E-state index is 15.3. The standard InChI is InChI=1S/C32H27FN4O5S/c1-16(2)14-35-31(39)25-5-4-18(28(36-25)32(40)41-3)20-13-26-22(29-17(15-42-26)9-11-43-29)12-21(20)30(38)37-24-7-6-23-19(27(24)33)8-10-34-23/h4-13,16,34H,14-15H2,1-3H3,(H,35,39)(H,37,38). The van der Waals surface area contributed by atoms with Gasteiger partial charge in [0.1, 0.15) is 18.1 Å². The number of nitrogens with one attached hydrogen (secondary N) is 3. The van der Waals surface area contributed by atoms with E-state index in [0.717, 1.165) is 10.4 Å². The highest BCUT2D eigenvalue weighted by Gasteiger charge is 2.28. The van der Waals surface area contributed by atoms with Gasteiger partial charge in [0.25, 0.3) is 11.8 Å². The second kappa shape index (κ2) is 11.3. The predicted molar refractivity (Wildman–Crippen MR) is 162 cm³/mol. The maximum Gasteiger partial charge on any atom is 0.357 e. The Hall–Kier alpha value is -5.03. The number of fused-ring (bicyclic) bond motifs is 4. The van der Waals surface area contributed by atoms with Gasteiger partial charge in [-0.25, -0.2) is 14.2 Å². The van der Waals surface area contributed by atoms with Crippen LogP contribution in [-0.2, 0) is 11.3 Å². The summed E-state index contributed by atoms with van der Waals surface area (Å²) in [6.45, 7) is 4.69. The number of aromatic amines is 1. The lowest BCUT2D eigenvalue weighted by Gasteiger charge is -2.22. The zero-order valence-electron chi connectivity index (χ0n) is 23.5. The normalized spacial score (nSPS) is 11.9. The van der Waals surface area contributed by atoms with E-state index in [-0.39, 0.29) is 34.1 Å². The topological polar surface area (TPSA) is 122 Å². The molecule has 1 aliphatic heterocycles. The van der Waals surface area contributed by atoms with Crippen LogP contribution in [0.1, 0.15) is 50.7 Å². The highest BCUT2D eigenvalue weighted by atomic mass is 32.1. The van der Waals surface area contributed by atoms with Gasteiger partial charge in [0, 0.05) is 56.3 Å². The molecule has 218 valence electrons. The molecule has 0 saturated carbocycles. The van der Waals surface area contributed by atoms with Crippen LogP contribution < -0.4 is 15.4 Å². The second-order valence-electron chi connectivity index (χ2n) is 10.5. The van der Waals surface area contributed by atoms with Crippen molar-refractivity contribution in [3.8, 4) is 27.3 Å². The fourth-order valence-corrected chi connectivity index (χ4v) is 5.89. The van der Waals surface area contributed by atoms with E-state index < -0.39 is 23.6 Å². The average molecular weight is 599 g/mol. The molecule has 2 aromatic carbocycles. The number of aromatic nitrogens is 2. The molecule has 0 unspecified atom stereocenters. The Bertz CT molecular complexity index is 1910. The Labute approximate surface area is 250 Å². The van der Waals surface area contributed by atoms with Crippen LogP contribution in [0.5, 0.6) is 5.75 Å². The largest absolute Gasteiger partial charge is 0.488 e. The summed E-state index contributed by atoms with van der Waals surface area (Å²) in [5.41, 5.74) is 2.86. The third-order valence-electron chi connectivity index (χ3n) is 7.12. The van der Waals surface area contributed by atoms with Crippen molar-refractivity contribution in [2.45, 2.75) is 20.5 Å². The van der Waals surface area contributed by atoms with Gasteiger partial charge in [-0.05, 0) is 59.8 Å². The minimum atomic E-state index is -0.789. The molecule has 1 aliphatic rings. The molecule has 0 aliphatic carbocycles. The zero-order valence-corrected chi connectivity index (χ0v) is 24.4. The lowest BCUT2D eigenvalue weighted by atomic mass is 9.92. The Morgan fingerprint density at radius 2 is 1.91 bits per heavy atom. The second-order valence-corrected chi connectivity index (χ2v) is 11.4. The van der Waals surface area contributed by atoms with E-state index in [0.29, 0.717) is 40.9 Å². The number of rotatable bonds is 7. The zero-order chi connectivity index (χ0) is 30.2. The molecule has 0 atom stereocenters. The fourth-order valence-electron chi connectivity index (χ4n) is 4.95. The van der Waals surface area contributed by atoms with Crippen molar-refractivity contribution in [1.29, 1.82) is 0 Å². The number of carbonyl (C=O) groups is 3. The van der Waals surface area contributed by atoms with Crippen LogP contribution >= 0.6 is 11.3 Å². The third-order valence-corrected chi connectivity index (χ3v) is 8.11. The molecule has 5 aromatic rings. The summed E-state index contributed by atoms with van der Waals surface area (Å²) in [6, 6.07) is 13.1. The number of methoxy groups -OCH3 is 1. The summed E-state index contributed by atoms with van der Waals surface area (Å²) in [4.78, 5) is 47.9. The van der Waals surface area contributed by atoms with E-state index >= 15 is 4.39 Å². The number of ether oxygens (including phenoxy) is 2. The van der Waals surface area contributed by atoms with Crippen molar-refractivity contribution in [2.75, 3.05) is 19.0 Å². The summed E-state index contributed by atoms with van der Waals surface area (Å²) < 4.78 is 26.4. The number of H-pyrrole nitrogens is 1. The number of halogens is 1. The van der Waals surface area contributed by atoms with Gasteiger partial charge in [0.15, 0.2) is 11.5 Å². The number of anilines is 1. The van der Waals surface area contributed by atoms with E-state index in [9.17, 15) is 14.4 Å². The van der Waals surface area contributed by atoms with Crippen molar-refractivity contribution in [3.63, 3.8) is 0 Å². The first-order valence-electron chi connectivity index (χ1n) is 13.6. The number of carbonyl (C=O) groups excluding carboxylic acids is 3. The maximum absolute atomic E-state index is 15.3. The van der Waals surface area contributed by atoms with Crippen LogP contribution in [-0.4, -0.2) is 41.4 Å². The van der Waals surface area contributed by atoms with Gasteiger partial charge in [-0.3, -0.25) is 9.59 Å². The highest BCUT2D eigenvalue weighted by Crippen LogP contribution is 2.45. The minimum Gasteiger partial charge on any atom is -0.488 e. The Morgan fingerprint density at radius 3 is 2.70 bits per heavy atom. The third kappa shape index (κ3) is 5.23. The van der Waals surface area contributed by atoms with Crippen molar-refractivity contribution in [1.82, 2.24) is 15.3 Å². The van der Waals surface area contributed by atoms with Crippen LogP contribution in [0.2, 0.25) is 0 Å². The van der Waals surface area contributed by atoms with Gasteiger partial charge in [0.2, 0.25) is 0 Å². The molecule has 0 fully saturated rings. The molecule has 6 rings (SSSR count). The summed E-state index contributed by atoms with van der Waals surface area (Å²) >= 11 is 1.52. The predicted octanol–water partition coefficient (Wildman–Crippen LogP) is 6.41. The highest BCUT2D eigenvalue weighted by molar-refractivity contribution is 7.13. The molecule has 11 heteroatoms. The van der Waals surface area contributed by atoms with E-state index in [1.165, 1.54) is 30.6 Å². The molecule has 0 radical (unpaired) electrons. The minimum absolute atomic E-state index is 0.00248. The summed E-state index contributed by atoms with van der Waals surface area (Å²) in [6.07, 6.45) is 1.62. The number of hydrogen-bond donors (Lipinski definition) is 3. The Balaban J connectivity index is 1.49. The molecule has 0 saturated heterocycles. The van der Waals surface area contributed by atoms with Crippen molar-refractivity contribution >= 4 is 45.7 Å². The SMILES string of the molecule is COC(=O)c1nc(C(=O)NCC(C)C)ccc1-c1cc2c(cc1C(=O)Nc1ccc3[nH]ccc3c1F)-c1sccc1CO2. The van der Waals surface area contributed by atoms with Gasteiger partial charge in [-0.2, -0.15) is 0 Å². The van der Waals surface area contributed by atoms with E-state index in [1.54, 1.807) is 36.5 Å². The van der Waals surface area contributed by atoms with Crippen LogP contribution in [0.4, 0.5) is 10.1 Å². The Kier molecular flexibility index (Phi) is 7.41. The average Bonchev–Trinajstić information content (AvgIpc) is 3.70. The number of esters is 1. The fraction of sp³-hybridized carbons (Fsp3) is 0.188. The molecular weight excluding hydrogens is 571 g/mol. The van der Waals surface area contributed by atoms with Crippen LogP contribution in [0.15, 0.2) is 60.1 Å². The molecule has 0 bridgehead atoms. The number of nitrogens with zero attached hydrogens (tertiary/aromatic N) is 1. The van der Waals surface area contributed by atoms with Gasteiger partial charge in [-0.1, -0.05) is 13.8 Å². The molecule has 3 N–H and O–H groups in total. The number of thiophene rings is 1. The monoisotopic (exact) mass is 598 g/mol. The number of amides is 2. The Morgan fingerprint density at radius 1 is 1.07 bits per heavy atom. The van der Waals surface area contributed by atoms with E-state index in [1.807, 2.05) is 25.3 Å². The molecule has 0 spiro atoms. The van der Waals surface area contributed by atoms with Crippen molar-refractivity contribution in [2.24, 2.45) is 5.92 Å². The molecule has 2 amide bonds. The van der Waals surface area contributed by atoms with Crippen LogP contribution in [0.25, 0.3) is 32.5 Å². The molecule has 43 heavy (non-hydrogen) atoms. The van der Waals surface area contributed by atoms with Gasteiger partial charge in [-0.15, -0.1) is 11.3 Å². The lowest BCUT2D eigenvalue weighted by Crippen LogP contribution is -2.28. The number of hydrogen-bond acceptors (Lipinski definition) is 7. The van der Waals surface area contributed by atoms with Crippen molar-refractivity contribution in [3.05, 3.63) is 88.4 Å². The number of pyridine rings is 1. The van der Waals surface area contributed by atoms with Crippen LogP contribution in [0.3, 0.4) is 0 Å². The van der Waals surface area contributed by atoms with Gasteiger partial charge < -0.3 is 25.1 Å². The van der Waals surface area contributed by atoms with E-state index in [4.69, 9.17) is 9.47 Å². The quantitative estimate of drug-likeness (QED) is 0.186. The summed E-state index contributed by atoms with van der Waals surface area (Å²) in [5.74, 6) is -1.70. The summed E-state index contributed by atoms with van der Waals surface area (Å²) in [5, 5.41) is 7.77. The summed E-state index contributed by atoms with van der Waals surface area (Å²) in [7, 11) is 1.21. The van der Waals surface area contributed by atoms with Crippen molar-refractivity contribution < 1.29 is 28.2 Å². The lowest BCUT2D eigenvalue weighted by molar-refractivity contribution is 0.0594. The first-order valence-corrected chi connectivity index (χ1v) is 14.5. The molecule has 4 heterocycles. The smallest absolute Gasteiger partial charge is 0.357 e. The molecule has 9 nitrogen and oxygen atoms in total. The van der Waals surface area contributed by atoms with Gasteiger partial charge >= 0.3 is 5.97 Å². The van der Waals surface area contributed by atoms with Gasteiger partial charge in [0.05, 0.1) is 12.8 Å². The first kappa shape index (κ1) is 28.1. The number of benzene rings is 2. The molecule has 3 aromatic heterocycles. The van der Waals surface area contributed by atoms with E-state index in [2.05, 4.69) is 20.6 Å². The molecular formula is C32H27FN4O5S. The van der Waals surface area contributed by atoms with Crippen LogP contribution in [0, 0.1) is 11.7 Å². The first-order chi connectivity index (χ1) is 20.7.